The molecule has 0 bridgehead atoms. The molecule has 1 atom stereocenters. The molecule has 1 spiro atoms. The molecule has 2 amide bonds. The summed E-state index contributed by atoms with van der Waals surface area (Å²) in [6.07, 6.45) is 8.11. The highest BCUT2D eigenvalue weighted by Crippen LogP contribution is 2.47. The molecule has 38 heavy (non-hydrogen) atoms. The van der Waals surface area contributed by atoms with Crippen molar-refractivity contribution >= 4 is 29.9 Å². The summed E-state index contributed by atoms with van der Waals surface area (Å²) in [6.45, 7) is 10.4. The predicted octanol–water partition coefficient (Wildman–Crippen LogP) is 5.06. The van der Waals surface area contributed by atoms with E-state index >= 15 is 0 Å². The molecule has 0 radical (unpaired) electrons. The molecule has 7 nitrogen and oxygen atoms in total. The number of fused-ring (bicyclic) bond motifs is 4. The number of anilines is 2. The topological polar surface area (TPSA) is 78.7 Å². The van der Waals surface area contributed by atoms with Gasteiger partial charge >= 0.3 is 0 Å². The van der Waals surface area contributed by atoms with Crippen LogP contribution in [0, 0.1) is 0 Å². The number of amides is 2. The van der Waals surface area contributed by atoms with E-state index in [4.69, 9.17) is 0 Å². The number of allylic oxidation sites excluding steroid dienone is 2. The van der Waals surface area contributed by atoms with Crippen LogP contribution in [0.1, 0.15) is 36.2 Å². The van der Waals surface area contributed by atoms with Gasteiger partial charge in [0.15, 0.2) is 0 Å². The van der Waals surface area contributed by atoms with Crippen molar-refractivity contribution in [2.75, 3.05) is 17.2 Å². The Kier molecular flexibility index (Phi) is 7.01. The summed E-state index contributed by atoms with van der Waals surface area (Å²) in [4.78, 5) is 29.2. The standard InChI is InChI=1S/C23H23N3O.C8H10N2O/c1-4-24-15(2)11-16(3)25-19-10-9-17-13-23(14-18(17)12-19)20-7-5-6-8-21(20)26-22(23)27;11-7-9-4-5-10-3-1-2-8(10)6-9/h4-12,25H,3,13-14H2,1-2H3,(H,26,27);1-3,7H,4-6H2/b15-11-,24-4?;. The van der Waals surface area contributed by atoms with Gasteiger partial charge in [-0.1, -0.05) is 30.8 Å². The highest BCUT2D eigenvalue weighted by molar-refractivity contribution is 6.07. The van der Waals surface area contributed by atoms with Gasteiger partial charge < -0.3 is 20.1 Å². The fraction of sp³-hybridized carbons (Fsp3) is 0.258. The van der Waals surface area contributed by atoms with E-state index in [9.17, 15) is 9.59 Å². The van der Waals surface area contributed by atoms with Crippen molar-refractivity contribution in [1.29, 1.82) is 0 Å². The molecule has 1 aliphatic carbocycles. The second-order valence-corrected chi connectivity index (χ2v) is 10.0. The number of nitrogens with one attached hydrogen (secondary N) is 2. The number of para-hydroxylation sites is 1. The molecule has 6 rings (SSSR count). The molecule has 2 aromatic carbocycles. The highest BCUT2D eigenvalue weighted by Gasteiger charge is 2.50. The van der Waals surface area contributed by atoms with E-state index in [0.717, 1.165) is 67.2 Å². The third-order valence-electron chi connectivity index (χ3n) is 7.40. The first-order valence-electron chi connectivity index (χ1n) is 12.9. The van der Waals surface area contributed by atoms with Crippen LogP contribution in [0.25, 0.3) is 0 Å². The van der Waals surface area contributed by atoms with E-state index in [1.54, 1.807) is 11.1 Å². The van der Waals surface area contributed by atoms with Crippen LogP contribution in [-0.2, 0) is 40.9 Å². The average molecular weight is 508 g/mol. The third kappa shape index (κ3) is 4.92. The number of hydrogen-bond acceptors (Lipinski definition) is 4. The van der Waals surface area contributed by atoms with Crippen LogP contribution in [0.4, 0.5) is 11.4 Å². The van der Waals surface area contributed by atoms with Gasteiger partial charge in [0.05, 0.1) is 12.0 Å². The van der Waals surface area contributed by atoms with E-state index < -0.39 is 5.41 Å². The number of rotatable bonds is 5. The minimum atomic E-state index is -0.471. The number of carbonyl (C=O) groups is 2. The maximum absolute atomic E-state index is 12.8. The minimum Gasteiger partial charge on any atom is -0.356 e. The average Bonchev–Trinajstić information content (AvgIpc) is 3.60. The lowest BCUT2D eigenvalue weighted by Crippen LogP contribution is -2.35. The molecule has 0 fully saturated rings. The van der Waals surface area contributed by atoms with Crippen LogP contribution in [-0.4, -0.2) is 34.5 Å². The highest BCUT2D eigenvalue weighted by atomic mass is 16.2. The summed E-state index contributed by atoms with van der Waals surface area (Å²) >= 11 is 0. The number of hydrogen-bond donors (Lipinski definition) is 2. The van der Waals surface area contributed by atoms with Gasteiger partial charge in [-0.3, -0.25) is 14.6 Å². The van der Waals surface area contributed by atoms with Crippen molar-refractivity contribution in [3.8, 4) is 0 Å². The Bertz CT molecular complexity index is 1450. The van der Waals surface area contributed by atoms with E-state index in [1.165, 1.54) is 16.8 Å². The molecule has 1 aromatic heterocycles. The first kappa shape index (κ1) is 25.3. The van der Waals surface area contributed by atoms with E-state index in [-0.39, 0.29) is 5.91 Å². The zero-order valence-corrected chi connectivity index (χ0v) is 21.9. The Labute approximate surface area is 223 Å². The maximum atomic E-state index is 12.8. The lowest BCUT2D eigenvalue weighted by Gasteiger charge is -2.24. The molecule has 1 unspecified atom stereocenters. The zero-order valence-electron chi connectivity index (χ0n) is 21.9. The largest absolute Gasteiger partial charge is 0.356 e. The molecule has 3 heterocycles. The van der Waals surface area contributed by atoms with Crippen molar-refractivity contribution in [3.63, 3.8) is 0 Å². The molecule has 194 valence electrons. The zero-order chi connectivity index (χ0) is 26.7. The van der Waals surface area contributed by atoms with Gasteiger partial charge in [0.1, 0.15) is 0 Å². The van der Waals surface area contributed by atoms with Crippen molar-refractivity contribution < 1.29 is 9.59 Å². The summed E-state index contributed by atoms with van der Waals surface area (Å²) in [5, 5.41) is 6.38. The van der Waals surface area contributed by atoms with Gasteiger partial charge in [0, 0.05) is 54.0 Å². The number of aromatic nitrogens is 1. The second kappa shape index (κ2) is 10.5. The molecular weight excluding hydrogens is 474 g/mol. The number of aliphatic imine (C=N–C) groups is 1. The number of nitrogens with zero attached hydrogens (tertiary/aromatic N) is 3. The summed E-state index contributed by atoms with van der Waals surface area (Å²) in [5.74, 6) is 0.106. The Morgan fingerprint density at radius 2 is 1.92 bits per heavy atom. The molecule has 2 aliphatic heterocycles. The lowest BCUT2D eigenvalue weighted by molar-refractivity contribution is -0.120. The molecule has 2 N–H and O–H groups in total. The van der Waals surface area contributed by atoms with Gasteiger partial charge in [-0.25, -0.2) is 0 Å². The summed E-state index contributed by atoms with van der Waals surface area (Å²) in [5.41, 5.74) is 7.92. The Morgan fingerprint density at radius 3 is 2.74 bits per heavy atom. The first-order chi connectivity index (χ1) is 18.4. The van der Waals surface area contributed by atoms with Crippen LogP contribution in [0.15, 0.2) is 89.8 Å². The van der Waals surface area contributed by atoms with Crippen molar-refractivity contribution in [3.05, 3.63) is 107 Å². The van der Waals surface area contributed by atoms with Crippen LogP contribution in [0.5, 0.6) is 0 Å². The molecular formula is C31H33N5O2. The van der Waals surface area contributed by atoms with Gasteiger partial charge in [-0.05, 0) is 79.8 Å². The Balaban J connectivity index is 0.000000222. The number of benzene rings is 2. The smallest absolute Gasteiger partial charge is 0.235 e. The molecule has 0 saturated carbocycles. The Morgan fingerprint density at radius 1 is 1.11 bits per heavy atom. The quantitative estimate of drug-likeness (QED) is 0.288. The second-order valence-electron chi connectivity index (χ2n) is 10.0. The van der Waals surface area contributed by atoms with Crippen molar-refractivity contribution in [2.45, 2.75) is 45.2 Å². The third-order valence-corrected chi connectivity index (χ3v) is 7.40. The number of carbonyl (C=O) groups excluding carboxylic acids is 2. The minimum absolute atomic E-state index is 0.106. The SMILES string of the molecule is C=C(/C=C(/C)N=CC)Nc1ccc2c(c1)CC1(C2)C(=O)Nc2ccccc21.O=CN1CCn2cccc2C1. The Hall–Kier alpha value is -4.39. The monoisotopic (exact) mass is 507 g/mol. The van der Waals surface area contributed by atoms with E-state index in [1.807, 2.05) is 50.3 Å². The van der Waals surface area contributed by atoms with E-state index in [0.29, 0.717) is 0 Å². The maximum Gasteiger partial charge on any atom is 0.235 e. The molecule has 7 heteroatoms. The normalized spacial score (nSPS) is 19.4. The van der Waals surface area contributed by atoms with Gasteiger partial charge in [-0.15, -0.1) is 0 Å². The predicted molar refractivity (Wildman–Crippen MR) is 152 cm³/mol. The van der Waals surface area contributed by atoms with Crippen LogP contribution >= 0.6 is 0 Å². The molecule has 3 aromatic rings. The van der Waals surface area contributed by atoms with Gasteiger partial charge in [0.2, 0.25) is 12.3 Å². The van der Waals surface area contributed by atoms with Crippen LogP contribution in [0.2, 0.25) is 0 Å². The van der Waals surface area contributed by atoms with Crippen LogP contribution < -0.4 is 10.6 Å². The fourth-order valence-corrected chi connectivity index (χ4v) is 5.62. The lowest BCUT2D eigenvalue weighted by atomic mass is 9.79. The van der Waals surface area contributed by atoms with Crippen molar-refractivity contribution in [2.24, 2.45) is 4.99 Å². The summed E-state index contributed by atoms with van der Waals surface area (Å²) in [7, 11) is 0. The first-order valence-corrected chi connectivity index (χ1v) is 12.9. The van der Waals surface area contributed by atoms with E-state index in [2.05, 4.69) is 57.2 Å². The van der Waals surface area contributed by atoms with Gasteiger partial charge in [0.25, 0.3) is 0 Å². The molecule has 0 saturated heterocycles. The van der Waals surface area contributed by atoms with Crippen molar-refractivity contribution in [1.82, 2.24) is 9.47 Å². The molecule has 3 aliphatic rings. The summed E-state index contributed by atoms with van der Waals surface area (Å²) < 4.78 is 2.18. The van der Waals surface area contributed by atoms with Gasteiger partial charge in [-0.2, -0.15) is 0 Å². The fourth-order valence-electron chi connectivity index (χ4n) is 5.62. The summed E-state index contributed by atoms with van der Waals surface area (Å²) in [6, 6.07) is 18.4. The van der Waals surface area contributed by atoms with Crippen LogP contribution in [0.3, 0.4) is 0 Å².